The van der Waals surface area contributed by atoms with Crippen LogP contribution in [0.25, 0.3) is 0 Å². The van der Waals surface area contributed by atoms with Crippen molar-refractivity contribution in [2.75, 3.05) is 5.32 Å². The molecule has 0 saturated heterocycles. The molecule has 0 radical (unpaired) electrons. The predicted octanol–water partition coefficient (Wildman–Crippen LogP) is 4.31. The van der Waals surface area contributed by atoms with E-state index in [1.807, 2.05) is 23.8 Å². The Hall–Kier alpha value is -1.03. The topological polar surface area (TPSA) is 38.3 Å². The van der Waals surface area contributed by atoms with Crippen LogP contribution in [0.2, 0.25) is 0 Å². The van der Waals surface area contributed by atoms with Gasteiger partial charge in [-0.1, -0.05) is 20.8 Å². The van der Waals surface area contributed by atoms with E-state index in [-0.39, 0.29) is 28.9 Å². The number of hydrogen-bond acceptors (Lipinski definition) is 4. The van der Waals surface area contributed by atoms with Crippen LogP contribution in [-0.2, 0) is 9.53 Å². The van der Waals surface area contributed by atoms with Crippen LogP contribution >= 0.6 is 11.3 Å². The van der Waals surface area contributed by atoms with Crippen molar-refractivity contribution in [1.29, 1.82) is 0 Å². The number of rotatable bonds is 4. The minimum absolute atomic E-state index is 0.0444. The third-order valence-corrected chi connectivity index (χ3v) is 6.31. The number of fused-ring (bicyclic) bond motifs is 2. The van der Waals surface area contributed by atoms with Crippen molar-refractivity contribution < 1.29 is 9.53 Å². The Morgan fingerprint density at radius 2 is 2.24 bits per heavy atom. The average Bonchev–Trinajstić information content (AvgIpc) is 3.08. The van der Waals surface area contributed by atoms with Gasteiger partial charge >= 0.3 is 5.97 Å². The van der Waals surface area contributed by atoms with E-state index in [4.69, 9.17) is 4.74 Å². The molecule has 21 heavy (non-hydrogen) atoms. The number of esters is 1. The number of thiophene rings is 1. The van der Waals surface area contributed by atoms with Crippen molar-refractivity contribution in [2.24, 2.45) is 16.7 Å². The monoisotopic (exact) mass is 307 g/mol. The summed E-state index contributed by atoms with van der Waals surface area (Å²) in [6.45, 7) is 8.69. The summed E-state index contributed by atoms with van der Waals surface area (Å²) in [7, 11) is 0. The molecule has 1 aromatic heterocycles. The predicted molar refractivity (Wildman–Crippen MR) is 86.5 cm³/mol. The lowest BCUT2D eigenvalue weighted by atomic mass is 9.70. The standard InChI is InChI=1S/C17H25NO2S/c1-11(18-13-6-8-21-10-13)14(19)20-15-16(2,3)12-5-7-17(15,4)9-12/h6,8,10-12,15,18H,5,7,9H2,1-4H3/t11-,12?,15?,17?/m0/s1. The number of carbonyl (C=O) groups is 1. The second-order valence-corrected chi connectivity index (χ2v) is 8.39. The van der Waals surface area contributed by atoms with Crippen molar-refractivity contribution in [2.45, 2.75) is 59.1 Å². The van der Waals surface area contributed by atoms with Crippen LogP contribution < -0.4 is 5.32 Å². The van der Waals surface area contributed by atoms with E-state index in [9.17, 15) is 4.79 Å². The lowest BCUT2D eigenvalue weighted by Crippen LogP contribution is -2.45. The van der Waals surface area contributed by atoms with Gasteiger partial charge in [-0.3, -0.25) is 0 Å². The molecule has 116 valence electrons. The lowest BCUT2D eigenvalue weighted by molar-refractivity contribution is -0.165. The fourth-order valence-electron chi connectivity index (χ4n) is 4.42. The maximum atomic E-state index is 12.5. The fourth-order valence-corrected chi connectivity index (χ4v) is 5.02. The van der Waals surface area contributed by atoms with Gasteiger partial charge in [-0.15, -0.1) is 0 Å². The molecule has 3 nitrogen and oxygen atoms in total. The van der Waals surface area contributed by atoms with Crippen molar-refractivity contribution in [3.63, 3.8) is 0 Å². The van der Waals surface area contributed by atoms with Crippen molar-refractivity contribution in [1.82, 2.24) is 0 Å². The average molecular weight is 307 g/mol. The van der Waals surface area contributed by atoms with Crippen LogP contribution in [0.4, 0.5) is 5.69 Å². The van der Waals surface area contributed by atoms with E-state index in [0.29, 0.717) is 5.92 Å². The molecule has 1 aromatic rings. The molecule has 0 amide bonds. The molecule has 0 aromatic carbocycles. The summed E-state index contributed by atoms with van der Waals surface area (Å²) in [5.41, 5.74) is 1.26. The molecule has 0 aliphatic heterocycles. The molecule has 2 fully saturated rings. The van der Waals surface area contributed by atoms with Gasteiger partial charge in [0, 0.05) is 21.9 Å². The molecule has 3 rings (SSSR count). The molecule has 1 heterocycles. The van der Waals surface area contributed by atoms with Gasteiger partial charge in [0.25, 0.3) is 0 Å². The largest absolute Gasteiger partial charge is 0.460 e. The van der Waals surface area contributed by atoms with Gasteiger partial charge in [0.05, 0.1) is 0 Å². The highest BCUT2D eigenvalue weighted by atomic mass is 32.1. The first-order valence-corrected chi connectivity index (χ1v) is 8.76. The number of ether oxygens (including phenoxy) is 1. The van der Waals surface area contributed by atoms with E-state index in [1.165, 1.54) is 19.3 Å². The quantitative estimate of drug-likeness (QED) is 0.843. The third kappa shape index (κ3) is 2.48. The summed E-state index contributed by atoms with van der Waals surface area (Å²) in [4.78, 5) is 12.5. The van der Waals surface area contributed by atoms with E-state index >= 15 is 0 Å². The van der Waals surface area contributed by atoms with E-state index in [2.05, 4.69) is 26.1 Å². The summed E-state index contributed by atoms with van der Waals surface area (Å²) in [5, 5.41) is 7.22. The summed E-state index contributed by atoms with van der Waals surface area (Å²) < 4.78 is 5.98. The second-order valence-electron chi connectivity index (χ2n) is 7.61. The third-order valence-electron chi connectivity index (χ3n) is 5.63. The molecular formula is C17H25NO2S. The van der Waals surface area contributed by atoms with Crippen LogP contribution in [0.5, 0.6) is 0 Å². The molecule has 2 saturated carbocycles. The van der Waals surface area contributed by atoms with Crippen LogP contribution in [0.3, 0.4) is 0 Å². The zero-order valence-corrected chi connectivity index (χ0v) is 14.1. The molecule has 2 aliphatic carbocycles. The first kappa shape index (κ1) is 14.9. The summed E-state index contributed by atoms with van der Waals surface area (Å²) in [6.07, 6.45) is 3.71. The molecule has 0 spiro atoms. The van der Waals surface area contributed by atoms with Crippen LogP contribution in [0.1, 0.15) is 47.0 Å². The highest BCUT2D eigenvalue weighted by Crippen LogP contribution is 2.63. The first-order valence-electron chi connectivity index (χ1n) is 7.82. The maximum Gasteiger partial charge on any atom is 0.328 e. The summed E-state index contributed by atoms with van der Waals surface area (Å²) in [6, 6.07) is 1.68. The molecule has 1 N–H and O–H groups in total. The molecule has 4 heteroatoms. The molecule has 4 atom stereocenters. The van der Waals surface area contributed by atoms with Gasteiger partial charge in [0.15, 0.2) is 0 Å². The number of nitrogens with one attached hydrogen (secondary N) is 1. The van der Waals surface area contributed by atoms with E-state index in [0.717, 1.165) is 5.69 Å². The Morgan fingerprint density at radius 3 is 2.81 bits per heavy atom. The van der Waals surface area contributed by atoms with Crippen molar-refractivity contribution >= 4 is 23.0 Å². The maximum absolute atomic E-state index is 12.5. The van der Waals surface area contributed by atoms with Crippen LogP contribution in [0, 0.1) is 16.7 Å². The Morgan fingerprint density at radius 1 is 1.48 bits per heavy atom. The highest BCUT2D eigenvalue weighted by Gasteiger charge is 2.61. The summed E-state index contributed by atoms with van der Waals surface area (Å²) in [5.74, 6) is 0.563. The zero-order valence-electron chi connectivity index (χ0n) is 13.3. The van der Waals surface area contributed by atoms with Crippen molar-refractivity contribution in [3.05, 3.63) is 16.8 Å². The SMILES string of the molecule is C[C@H](Nc1ccsc1)C(=O)OC1C2(C)CCC(C2)C1(C)C. The van der Waals surface area contributed by atoms with Gasteiger partial charge in [-0.05, 0) is 43.6 Å². The number of carbonyl (C=O) groups excluding carboxylic acids is 1. The lowest BCUT2D eigenvalue weighted by Gasteiger charge is -2.42. The number of hydrogen-bond donors (Lipinski definition) is 1. The fraction of sp³-hybridized carbons (Fsp3) is 0.706. The van der Waals surface area contributed by atoms with Gasteiger partial charge in [0.2, 0.25) is 0 Å². The Kier molecular flexibility index (Phi) is 3.55. The van der Waals surface area contributed by atoms with Gasteiger partial charge in [0.1, 0.15) is 12.1 Å². The minimum atomic E-state index is -0.307. The Labute approximate surface area is 131 Å². The smallest absolute Gasteiger partial charge is 0.328 e. The van der Waals surface area contributed by atoms with Crippen molar-refractivity contribution in [3.8, 4) is 0 Å². The van der Waals surface area contributed by atoms with Crippen LogP contribution in [0.15, 0.2) is 16.8 Å². The normalized spacial score (nSPS) is 34.7. The Bertz CT molecular complexity index is 520. The van der Waals surface area contributed by atoms with E-state index in [1.54, 1.807) is 11.3 Å². The minimum Gasteiger partial charge on any atom is -0.460 e. The van der Waals surface area contributed by atoms with Gasteiger partial charge < -0.3 is 10.1 Å². The highest BCUT2D eigenvalue weighted by molar-refractivity contribution is 7.08. The Balaban J connectivity index is 1.67. The summed E-state index contributed by atoms with van der Waals surface area (Å²) >= 11 is 1.62. The first-order chi connectivity index (χ1) is 9.83. The van der Waals surface area contributed by atoms with Crippen LogP contribution in [-0.4, -0.2) is 18.1 Å². The molecule has 2 bridgehead atoms. The molecular weight excluding hydrogens is 282 g/mol. The molecule has 2 aliphatic rings. The van der Waals surface area contributed by atoms with Gasteiger partial charge in [-0.25, -0.2) is 4.79 Å². The van der Waals surface area contributed by atoms with E-state index < -0.39 is 0 Å². The second kappa shape index (κ2) is 5.01. The molecule has 3 unspecified atom stereocenters. The zero-order chi connectivity index (χ0) is 15.3. The van der Waals surface area contributed by atoms with Gasteiger partial charge in [-0.2, -0.15) is 11.3 Å². The number of anilines is 1.